The van der Waals surface area contributed by atoms with Crippen molar-refractivity contribution in [1.82, 2.24) is 0 Å². The van der Waals surface area contributed by atoms with Gasteiger partial charge in [-0.25, -0.2) is 0 Å². The van der Waals surface area contributed by atoms with Crippen molar-refractivity contribution in [3.8, 4) is 33.6 Å². The van der Waals surface area contributed by atoms with E-state index in [1.165, 1.54) is 44.8 Å². The van der Waals surface area contributed by atoms with Gasteiger partial charge in [0.15, 0.2) is 6.54 Å². The van der Waals surface area contributed by atoms with Crippen LogP contribution in [0, 0.1) is 6.92 Å². The van der Waals surface area contributed by atoms with Gasteiger partial charge in [-0.2, -0.15) is 4.57 Å². The van der Waals surface area contributed by atoms with Crippen LogP contribution in [0.15, 0.2) is 127 Å². The van der Waals surface area contributed by atoms with Crippen molar-refractivity contribution in [3.05, 3.63) is 139 Å². The molecule has 5 aromatic rings. The third-order valence-corrected chi connectivity index (χ3v) is 5.87. The molecule has 0 amide bonds. The average molecular weight is 499 g/mol. The molecule has 0 radical (unpaired) electrons. The maximum Gasteiger partial charge on any atom is 0.673 e. The van der Waals surface area contributed by atoms with Crippen molar-refractivity contribution in [2.45, 2.75) is 13.5 Å². The normalized spacial score (nSPS) is 10.9. The summed E-state index contributed by atoms with van der Waals surface area (Å²) in [6.45, 7) is 2.94. The van der Waals surface area contributed by atoms with Gasteiger partial charge in [0.1, 0.15) is 0 Å². The van der Waals surface area contributed by atoms with Crippen LogP contribution < -0.4 is 4.57 Å². The minimum absolute atomic E-state index is 0.809. The number of hydrogen-bond acceptors (Lipinski definition) is 0. The van der Waals surface area contributed by atoms with E-state index in [1.54, 1.807) is 0 Å². The maximum absolute atomic E-state index is 9.75. The van der Waals surface area contributed by atoms with E-state index in [0.717, 1.165) is 6.54 Å². The van der Waals surface area contributed by atoms with Gasteiger partial charge in [-0.1, -0.05) is 96.6 Å². The van der Waals surface area contributed by atoms with Crippen LogP contribution >= 0.6 is 0 Å². The number of benzene rings is 4. The topological polar surface area (TPSA) is 3.88 Å². The predicted molar refractivity (Wildman–Crippen MR) is 143 cm³/mol. The van der Waals surface area contributed by atoms with Gasteiger partial charge in [-0.3, -0.25) is 0 Å². The van der Waals surface area contributed by atoms with Gasteiger partial charge in [0.2, 0.25) is 11.4 Å². The van der Waals surface area contributed by atoms with Gasteiger partial charge >= 0.3 is 7.25 Å². The first kappa shape index (κ1) is 25.9. The molecule has 4 aromatic carbocycles. The number of aryl methyl sites for hydroxylation is 1. The van der Waals surface area contributed by atoms with E-state index in [1.807, 2.05) is 0 Å². The molecule has 186 valence electrons. The third-order valence-electron chi connectivity index (χ3n) is 5.87. The summed E-state index contributed by atoms with van der Waals surface area (Å²) in [5.41, 5.74) is 9.89. The fourth-order valence-corrected chi connectivity index (χ4v) is 4.17. The average Bonchev–Trinajstić information content (AvgIpc) is 2.90. The summed E-state index contributed by atoms with van der Waals surface area (Å²) >= 11 is 0. The quantitative estimate of drug-likeness (QED) is 0.130. The summed E-state index contributed by atoms with van der Waals surface area (Å²) in [5.74, 6) is 0. The Kier molecular flexibility index (Phi) is 8.19. The largest absolute Gasteiger partial charge is 0.673 e. The molecule has 5 rings (SSSR count). The molecule has 0 N–H and O–H groups in total. The highest BCUT2D eigenvalue weighted by Gasteiger charge is 2.23. The lowest BCUT2D eigenvalue weighted by atomic mass is 9.98. The molecule has 0 fully saturated rings. The number of pyridine rings is 1. The van der Waals surface area contributed by atoms with Gasteiger partial charge in [0.25, 0.3) is 0 Å². The highest BCUT2D eigenvalue weighted by Crippen LogP contribution is 2.29. The molecular formula is C31H26BF4N. The molecule has 0 unspecified atom stereocenters. The Morgan fingerprint density at radius 2 is 0.919 bits per heavy atom. The van der Waals surface area contributed by atoms with Gasteiger partial charge < -0.3 is 17.3 Å². The van der Waals surface area contributed by atoms with Gasteiger partial charge in [0, 0.05) is 28.8 Å². The fraction of sp³-hybridized carbons (Fsp3) is 0.0645. The number of hydrogen-bond donors (Lipinski definition) is 0. The molecule has 0 aliphatic rings. The van der Waals surface area contributed by atoms with Crippen LogP contribution in [0.1, 0.15) is 11.1 Å². The molecule has 1 nitrogen and oxygen atoms in total. The summed E-state index contributed by atoms with van der Waals surface area (Å²) in [6, 6.07) is 45.6. The molecule has 1 heterocycles. The summed E-state index contributed by atoms with van der Waals surface area (Å²) in [6.07, 6.45) is 0. The standard InChI is InChI=1S/C31H26N.BF4/c1-24-17-19-26(20-18-24)29-21-30(27-13-7-3-8-14-27)32(23-25-11-5-2-6-12-25)31(22-29)28-15-9-4-10-16-28;2-1(3,4)5/h2-22H,23H2,1H3;/q+1;-1. The summed E-state index contributed by atoms with van der Waals surface area (Å²) in [4.78, 5) is 0. The van der Waals surface area contributed by atoms with Gasteiger partial charge in [-0.05, 0) is 42.3 Å². The Morgan fingerprint density at radius 1 is 0.514 bits per heavy atom. The highest BCUT2D eigenvalue weighted by atomic mass is 19.5. The molecule has 0 saturated carbocycles. The van der Waals surface area contributed by atoms with Crippen LogP contribution in [-0.2, 0) is 6.54 Å². The van der Waals surface area contributed by atoms with Crippen molar-refractivity contribution in [1.29, 1.82) is 0 Å². The Bertz CT molecular complexity index is 1350. The first-order valence-electron chi connectivity index (χ1n) is 11.9. The molecule has 0 spiro atoms. The Hall–Kier alpha value is -4.19. The Morgan fingerprint density at radius 3 is 1.35 bits per heavy atom. The summed E-state index contributed by atoms with van der Waals surface area (Å²) < 4.78 is 41.4. The molecule has 0 atom stereocenters. The predicted octanol–water partition coefficient (Wildman–Crippen LogP) is 8.63. The van der Waals surface area contributed by atoms with Gasteiger partial charge in [0.05, 0.1) is 0 Å². The molecule has 0 saturated heterocycles. The van der Waals surface area contributed by atoms with Crippen LogP contribution in [-0.4, -0.2) is 7.25 Å². The Labute approximate surface area is 214 Å². The lowest BCUT2D eigenvalue weighted by Gasteiger charge is -2.13. The fourth-order valence-electron chi connectivity index (χ4n) is 4.17. The lowest BCUT2D eigenvalue weighted by molar-refractivity contribution is -0.666. The molecule has 0 bridgehead atoms. The second-order valence-electron chi connectivity index (χ2n) is 8.68. The van der Waals surface area contributed by atoms with Crippen molar-refractivity contribution < 1.29 is 21.8 Å². The molecule has 37 heavy (non-hydrogen) atoms. The van der Waals surface area contributed by atoms with Crippen molar-refractivity contribution in [2.24, 2.45) is 0 Å². The summed E-state index contributed by atoms with van der Waals surface area (Å²) in [7, 11) is -6.00. The number of rotatable bonds is 5. The van der Waals surface area contributed by atoms with E-state index >= 15 is 0 Å². The second kappa shape index (κ2) is 11.7. The zero-order valence-corrected chi connectivity index (χ0v) is 20.4. The molecule has 1 aromatic heterocycles. The van der Waals surface area contributed by atoms with E-state index in [4.69, 9.17) is 0 Å². The number of nitrogens with zero attached hydrogens (tertiary/aromatic N) is 1. The van der Waals surface area contributed by atoms with Crippen LogP contribution in [0.5, 0.6) is 0 Å². The SMILES string of the molecule is Cc1ccc(-c2cc(-c3ccccc3)[n+](Cc3ccccc3)c(-c3ccccc3)c2)cc1.F[B-](F)(F)F. The first-order chi connectivity index (χ1) is 17.8. The molecule has 0 aliphatic heterocycles. The third kappa shape index (κ3) is 7.40. The highest BCUT2D eigenvalue weighted by molar-refractivity contribution is 6.50. The van der Waals surface area contributed by atoms with E-state index in [2.05, 4.69) is 139 Å². The maximum atomic E-state index is 9.75. The van der Waals surface area contributed by atoms with Crippen LogP contribution in [0.2, 0.25) is 0 Å². The minimum atomic E-state index is -6.00. The smallest absolute Gasteiger partial charge is 0.418 e. The van der Waals surface area contributed by atoms with Gasteiger partial charge in [-0.15, -0.1) is 0 Å². The van der Waals surface area contributed by atoms with E-state index in [-0.39, 0.29) is 0 Å². The van der Waals surface area contributed by atoms with Crippen molar-refractivity contribution in [3.63, 3.8) is 0 Å². The van der Waals surface area contributed by atoms with Crippen LogP contribution in [0.3, 0.4) is 0 Å². The van der Waals surface area contributed by atoms with E-state index in [0.29, 0.717) is 0 Å². The van der Waals surface area contributed by atoms with E-state index < -0.39 is 7.25 Å². The second-order valence-corrected chi connectivity index (χ2v) is 8.68. The zero-order valence-electron chi connectivity index (χ0n) is 20.4. The lowest BCUT2D eigenvalue weighted by Crippen LogP contribution is -2.39. The Balaban J connectivity index is 0.000000586. The van der Waals surface area contributed by atoms with Crippen molar-refractivity contribution in [2.75, 3.05) is 0 Å². The monoisotopic (exact) mass is 499 g/mol. The van der Waals surface area contributed by atoms with Crippen LogP contribution in [0.4, 0.5) is 17.3 Å². The zero-order chi connectivity index (χ0) is 26.3. The van der Waals surface area contributed by atoms with Crippen molar-refractivity contribution >= 4 is 7.25 Å². The minimum Gasteiger partial charge on any atom is -0.418 e. The van der Waals surface area contributed by atoms with Crippen LogP contribution in [0.25, 0.3) is 33.6 Å². The van der Waals surface area contributed by atoms with E-state index in [9.17, 15) is 17.3 Å². The molecule has 6 heteroatoms. The first-order valence-corrected chi connectivity index (χ1v) is 11.9. The summed E-state index contributed by atoms with van der Waals surface area (Å²) in [5, 5.41) is 0. The molecular weight excluding hydrogens is 473 g/mol. The number of aromatic nitrogens is 1. The molecule has 0 aliphatic carbocycles. The number of halogens is 4.